The van der Waals surface area contributed by atoms with Crippen LogP contribution in [0.5, 0.6) is 0 Å². The fourth-order valence-electron chi connectivity index (χ4n) is 1.54. The van der Waals surface area contributed by atoms with E-state index in [4.69, 9.17) is 4.74 Å². The molecule has 0 bridgehead atoms. The first-order valence-corrected chi connectivity index (χ1v) is 6.30. The van der Waals surface area contributed by atoms with Gasteiger partial charge in [-0.05, 0) is 13.8 Å². The molecule has 1 amide bonds. The van der Waals surface area contributed by atoms with E-state index in [1.165, 1.54) is 0 Å². The van der Waals surface area contributed by atoms with E-state index < -0.39 is 12.1 Å². The molecule has 0 heterocycles. The third kappa shape index (κ3) is 8.73. The van der Waals surface area contributed by atoms with E-state index in [1.807, 2.05) is 0 Å². The molecule has 0 atom stereocenters. The van der Waals surface area contributed by atoms with Gasteiger partial charge >= 0.3 is 18.1 Å². The van der Waals surface area contributed by atoms with Crippen LogP contribution in [0.15, 0.2) is 0 Å². The van der Waals surface area contributed by atoms with Crippen molar-refractivity contribution in [2.24, 2.45) is 0 Å². The van der Waals surface area contributed by atoms with Crippen LogP contribution in [0.4, 0.5) is 13.2 Å². The molecule has 118 valence electrons. The zero-order chi connectivity index (χ0) is 16.0. The van der Waals surface area contributed by atoms with Gasteiger partial charge in [0.1, 0.15) is 0 Å². The molecule has 8 heteroatoms. The van der Waals surface area contributed by atoms with Gasteiger partial charge in [0.25, 0.3) is 0 Å². The molecule has 0 unspecified atom stereocenters. The molecule has 0 aliphatic carbocycles. The number of carbonyl (C=O) groups is 2. The summed E-state index contributed by atoms with van der Waals surface area (Å²) in [5, 5.41) is 1.79. The van der Waals surface area contributed by atoms with Crippen LogP contribution in [-0.4, -0.2) is 62.4 Å². The summed E-state index contributed by atoms with van der Waals surface area (Å²) < 4.78 is 41.1. The standard InChI is InChI=1S/C12H21F3N2O3/c1-9(2)20-10(18)8-17(3,4)7-5-6-16-11(19)12(13,14)15/h9H,5-8H2,1-4H3/p+1. The minimum atomic E-state index is -4.86. The number of likely N-dealkylation sites (N-methyl/N-ethyl adjacent to an activating group) is 1. The number of alkyl halides is 3. The average Bonchev–Trinajstić information content (AvgIpc) is 2.20. The summed E-state index contributed by atoms with van der Waals surface area (Å²) in [5.74, 6) is -2.30. The van der Waals surface area contributed by atoms with Gasteiger partial charge in [-0.3, -0.25) is 4.79 Å². The van der Waals surface area contributed by atoms with Gasteiger partial charge in [-0.1, -0.05) is 0 Å². The maximum absolute atomic E-state index is 11.9. The first-order chi connectivity index (χ1) is 8.94. The largest absolute Gasteiger partial charge is 0.471 e. The van der Waals surface area contributed by atoms with E-state index in [9.17, 15) is 22.8 Å². The number of rotatable bonds is 7. The van der Waals surface area contributed by atoms with Crippen LogP contribution in [-0.2, 0) is 14.3 Å². The zero-order valence-corrected chi connectivity index (χ0v) is 12.2. The minimum absolute atomic E-state index is 0.0841. The number of halogens is 3. The number of ether oxygens (including phenoxy) is 1. The number of quaternary nitrogens is 1. The zero-order valence-electron chi connectivity index (χ0n) is 12.2. The van der Waals surface area contributed by atoms with Crippen LogP contribution in [0.25, 0.3) is 0 Å². The Bertz CT molecular complexity index is 341. The molecule has 0 saturated carbocycles. The average molecular weight is 299 g/mol. The van der Waals surface area contributed by atoms with Gasteiger partial charge in [-0.2, -0.15) is 13.2 Å². The van der Waals surface area contributed by atoms with Crippen molar-refractivity contribution >= 4 is 11.9 Å². The first kappa shape index (κ1) is 18.7. The maximum Gasteiger partial charge on any atom is 0.471 e. The molecule has 0 aliphatic rings. The van der Waals surface area contributed by atoms with Crippen LogP contribution in [0.3, 0.4) is 0 Å². The Labute approximate surface area is 116 Å². The van der Waals surface area contributed by atoms with Crippen molar-refractivity contribution in [2.45, 2.75) is 32.5 Å². The molecule has 0 radical (unpaired) electrons. The SMILES string of the molecule is CC(C)OC(=O)C[N+](C)(C)CCCNC(=O)C(F)(F)F. The van der Waals surface area contributed by atoms with Crippen molar-refractivity contribution < 1.29 is 32.0 Å². The predicted octanol–water partition coefficient (Wildman–Crippen LogP) is 1.08. The Morgan fingerprint density at radius 3 is 2.25 bits per heavy atom. The molecule has 0 saturated heterocycles. The highest BCUT2D eigenvalue weighted by Crippen LogP contribution is 2.13. The highest BCUT2D eigenvalue weighted by Gasteiger charge is 2.38. The van der Waals surface area contributed by atoms with E-state index in [0.717, 1.165) is 0 Å². The van der Waals surface area contributed by atoms with Crippen LogP contribution >= 0.6 is 0 Å². The van der Waals surface area contributed by atoms with Gasteiger partial charge in [-0.15, -0.1) is 0 Å². The van der Waals surface area contributed by atoms with E-state index >= 15 is 0 Å². The highest BCUT2D eigenvalue weighted by molar-refractivity contribution is 5.81. The molecule has 0 fully saturated rings. The van der Waals surface area contributed by atoms with Crippen LogP contribution in [0, 0.1) is 0 Å². The summed E-state index contributed by atoms with van der Waals surface area (Å²) in [5.41, 5.74) is 0. The second-order valence-corrected chi connectivity index (χ2v) is 5.46. The van der Waals surface area contributed by atoms with E-state index in [2.05, 4.69) is 0 Å². The molecular formula is C12H22F3N2O3+. The van der Waals surface area contributed by atoms with E-state index in [0.29, 0.717) is 13.0 Å². The second-order valence-electron chi connectivity index (χ2n) is 5.46. The van der Waals surface area contributed by atoms with Gasteiger partial charge in [0.15, 0.2) is 6.54 Å². The lowest BCUT2D eigenvalue weighted by Crippen LogP contribution is -2.46. The molecule has 0 spiro atoms. The van der Waals surface area contributed by atoms with Crippen LogP contribution < -0.4 is 5.32 Å². The topological polar surface area (TPSA) is 55.4 Å². The molecule has 20 heavy (non-hydrogen) atoms. The Morgan fingerprint density at radius 1 is 1.25 bits per heavy atom. The minimum Gasteiger partial charge on any atom is -0.459 e. The van der Waals surface area contributed by atoms with Crippen molar-refractivity contribution in [1.82, 2.24) is 5.32 Å². The van der Waals surface area contributed by atoms with Gasteiger partial charge in [-0.25, -0.2) is 4.79 Å². The molecule has 0 aromatic rings. The van der Waals surface area contributed by atoms with E-state index in [-0.39, 0.29) is 29.6 Å². The molecule has 1 N–H and O–H groups in total. The van der Waals surface area contributed by atoms with Gasteiger partial charge < -0.3 is 14.5 Å². The van der Waals surface area contributed by atoms with Crippen LogP contribution in [0.2, 0.25) is 0 Å². The predicted molar refractivity (Wildman–Crippen MR) is 66.8 cm³/mol. The van der Waals surface area contributed by atoms with Crippen molar-refractivity contribution in [1.29, 1.82) is 0 Å². The van der Waals surface area contributed by atoms with Gasteiger partial charge in [0.2, 0.25) is 0 Å². The molecule has 0 aromatic carbocycles. The van der Waals surface area contributed by atoms with Gasteiger partial charge in [0.05, 0.1) is 26.7 Å². The molecule has 5 nitrogen and oxygen atoms in total. The number of hydrogen-bond donors (Lipinski definition) is 1. The third-order valence-electron chi connectivity index (χ3n) is 2.41. The third-order valence-corrected chi connectivity index (χ3v) is 2.41. The van der Waals surface area contributed by atoms with Crippen LogP contribution in [0.1, 0.15) is 20.3 Å². The lowest BCUT2D eigenvalue weighted by Gasteiger charge is -2.29. The van der Waals surface area contributed by atoms with Crippen molar-refractivity contribution in [3.63, 3.8) is 0 Å². The summed E-state index contributed by atoms with van der Waals surface area (Å²) in [7, 11) is 3.54. The highest BCUT2D eigenvalue weighted by atomic mass is 19.4. The fourth-order valence-corrected chi connectivity index (χ4v) is 1.54. The second kappa shape index (κ2) is 7.47. The number of carbonyl (C=O) groups excluding carboxylic acids is 2. The Kier molecular flexibility index (Phi) is 6.98. The molecular weight excluding hydrogens is 277 g/mol. The molecule has 0 aromatic heterocycles. The quantitative estimate of drug-likeness (QED) is 0.435. The summed E-state index contributed by atoms with van der Waals surface area (Å²) in [6.45, 7) is 3.98. The monoisotopic (exact) mass is 299 g/mol. The van der Waals surface area contributed by atoms with Crippen molar-refractivity contribution in [3.8, 4) is 0 Å². The Hall–Kier alpha value is -1.31. The van der Waals surface area contributed by atoms with Crippen molar-refractivity contribution in [2.75, 3.05) is 33.7 Å². The summed E-state index contributed by atoms with van der Waals surface area (Å²) in [6.07, 6.45) is -4.72. The van der Waals surface area contributed by atoms with Gasteiger partial charge in [0, 0.05) is 13.0 Å². The lowest BCUT2D eigenvalue weighted by atomic mass is 10.3. The maximum atomic E-state index is 11.9. The molecule has 0 rings (SSSR count). The Morgan fingerprint density at radius 2 is 1.80 bits per heavy atom. The van der Waals surface area contributed by atoms with E-state index in [1.54, 1.807) is 33.3 Å². The number of esters is 1. The first-order valence-electron chi connectivity index (χ1n) is 6.30. The molecule has 0 aliphatic heterocycles. The summed E-state index contributed by atoms with van der Waals surface area (Å²) in [4.78, 5) is 22.1. The fraction of sp³-hybridized carbons (Fsp3) is 0.833. The number of hydrogen-bond acceptors (Lipinski definition) is 3. The smallest absolute Gasteiger partial charge is 0.459 e. The number of nitrogens with zero attached hydrogens (tertiary/aromatic N) is 1. The normalized spacial score (nSPS) is 12.4. The lowest BCUT2D eigenvalue weighted by molar-refractivity contribution is -0.883. The number of nitrogens with one attached hydrogen (secondary N) is 1. The number of amides is 1. The summed E-state index contributed by atoms with van der Waals surface area (Å²) in [6, 6.07) is 0. The Balaban J connectivity index is 3.99. The van der Waals surface area contributed by atoms with Crippen molar-refractivity contribution in [3.05, 3.63) is 0 Å². The summed E-state index contributed by atoms with van der Waals surface area (Å²) >= 11 is 0.